The number of nitrogens with one attached hydrogen (secondary N) is 1. The van der Waals surface area contributed by atoms with Crippen LogP contribution in [-0.2, 0) is 8.31 Å². The van der Waals surface area contributed by atoms with Crippen LogP contribution in [0, 0.1) is 0 Å². The molecule has 0 fully saturated rings. The fourth-order valence-corrected chi connectivity index (χ4v) is 26.3. The molecule has 0 aromatic heterocycles. The summed E-state index contributed by atoms with van der Waals surface area (Å²) in [6.07, 6.45) is 16.7. The summed E-state index contributed by atoms with van der Waals surface area (Å²) in [6.45, 7) is 6.38. The first kappa shape index (κ1) is 18.6. The SMILES string of the molecule is CC(C)(C)[NH][Ti]([CH3])([CH3])([CH3])([CH3])([Cl])([Cl])([CH]1C=CC=C1)[CH]1C=CC=C1. The van der Waals surface area contributed by atoms with E-state index in [9.17, 15) is 0 Å². The van der Waals surface area contributed by atoms with Gasteiger partial charge in [-0.1, -0.05) is 0 Å². The van der Waals surface area contributed by atoms with Crippen LogP contribution in [-0.4, -0.2) is 5.54 Å². The number of hydrogen-bond acceptors (Lipinski definition) is 1. The van der Waals surface area contributed by atoms with Crippen molar-refractivity contribution in [2.24, 2.45) is 0 Å². The molecule has 127 valence electrons. The summed E-state index contributed by atoms with van der Waals surface area (Å²) in [5.74, 6) is 0. The number of hydrogen-bond donors (Lipinski definition) is 1. The summed E-state index contributed by atoms with van der Waals surface area (Å²) in [7, 11) is 9.92. The number of halogens is 2. The van der Waals surface area contributed by atoms with Crippen LogP contribution in [0.5, 0.6) is 0 Å². The van der Waals surface area contributed by atoms with Gasteiger partial charge in [-0.25, -0.2) is 0 Å². The summed E-state index contributed by atoms with van der Waals surface area (Å²) >= 11 is 0. The molecule has 2 aliphatic rings. The van der Waals surface area contributed by atoms with Gasteiger partial charge >= 0.3 is 135 Å². The molecule has 2 rings (SSSR count). The Balaban J connectivity index is 3.12. The standard InChI is InChI=1S/2C5H5.C4H10N.4CH3.2ClH.Ti/c2*1-2-4-5-3-1;1-4(2,3)5;;;;;;;/h2*1-5H;5H,1-3H3;4*1H3;2*1H;/q;;-1;;;;;;;+3/p-2. The van der Waals surface area contributed by atoms with Crippen LogP contribution >= 0.6 is 18.6 Å². The second kappa shape index (κ2) is 2.65. The van der Waals surface area contributed by atoms with Gasteiger partial charge in [-0.05, 0) is 0 Å². The third-order valence-corrected chi connectivity index (χ3v) is 28.3. The number of allylic oxidation sites excluding steroid dienone is 8. The van der Waals surface area contributed by atoms with Crippen LogP contribution in [0.2, 0.25) is 29.4 Å². The zero-order valence-electron chi connectivity index (χ0n) is 15.0. The van der Waals surface area contributed by atoms with E-state index >= 15 is 0 Å². The molecule has 1 N–H and O–H groups in total. The summed E-state index contributed by atoms with van der Waals surface area (Å²) < 4.78 is 3.63. The topological polar surface area (TPSA) is 12.0 Å². The van der Waals surface area contributed by atoms with Crippen LogP contribution in [0.15, 0.2) is 48.6 Å². The quantitative estimate of drug-likeness (QED) is 0.501. The monoisotopic (exact) mass is 380 g/mol. The average Bonchev–Trinajstić information content (AvgIpc) is 2.87. The molecule has 0 aromatic rings. The Morgan fingerprint density at radius 3 is 1.23 bits per heavy atom. The van der Waals surface area contributed by atoms with Gasteiger partial charge in [-0.2, -0.15) is 0 Å². The molecule has 22 heavy (non-hydrogen) atoms. The molecular formula is C18H32Cl2NTi. The molecule has 0 bridgehead atoms. The van der Waals surface area contributed by atoms with Crippen LogP contribution in [0.3, 0.4) is 0 Å². The minimum absolute atomic E-state index is 0.125. The molecule has 0 aliphatic heterocycles. The van der Waals surface area contributed by atoms with Gasteiger partial charge in [0, 0.05) is 0 Å². The predicted molar refractivity (Wildman–Crippen MR) is 102 cm³/mol. The second-order valence-electron chi connectivity index (χ2n) is 13.9. The fourth-order valence-electron chi connectivity index (χ4n) is 5.71. The van der Waals surface area contributed by atoms with Crippen molar-refractivity contribution in [3.8, 4) is 0 Å². The van der Waals surface area contributed by atoms with Crippen LogP contribution < -0.4 is 3.80 Å². The van der Waals surface area contributed by atoms with E-state index in [0.29, 0.717) is 0 Å². The van der Waals surface area contributed by atoms with Crippen molar-refractivity contribution in [2.45, 2.75) is 55.7 Å². The van der Waals surface area contributed by atoms with Crippen molar-refractivity contribution < 1.29 is 8.31 Å². The van der Waals surface area contributed by atoms with Gasteiger partial charge in [0.05, 0.1) is 0 Å². The van der Waals surface area contributed by atoms with Crippen LogP contribution in [0.25, 0.3) is 0 Å². The van der Waals surface area contributed by atoms with E-state index in [4.69, 9.17) is 18.6 Å². The van der Waals surface area contributed by atoms with Gasteiger partial charge in [-0.15, -0.1) is 0 Å². The zero-order valence-corrected chi connectivity index (χ0v) is 18.1. The Morgan fingerprint density at radius 1 is 0.727 bits per heavy atom. The Kier molecular flexibility index (Phi) is 2.23. The van der Waals surface area contributed by atoms with Crippen LogP contribution in [0.4, 0.5) is 0 Å². The molecule has 4 heteroatoms. The normalized spacial score (nSPS) is 29.4. The van der Waals surface area contributed by atoms with Crippen LogP contribution in [0.1, 0.15) is 20.8 Å². The molecule has 0 saturated carbocycles. The molecule has 0 aromatic carbocycles. The van der Waals surface area contributed by atoms with E-state index in [0.717, 1.165) is 0 Å². The van der Waals surface area contributed by atoms with E-state index in [2.05, 4.69) is 69.8 Å². The van der Waals surface area contributed by atoms with E-state index in [1.165, 1.54) is 0 Å². The van der Waals surface area contributed by atoms with E-state index < -0.39 is 8.31 Å². The van der Waals surface area contributed by atoms with Crippen molar-refractivity contribution in [3.63, 3.8) is 0 Å². The van der Waals surface area contributed by atoms with Gasteiger partial charge in [0.25, 0.3) is 0 Å². The predicted octanol–water partition coefficient (Wildman–Crippen LogP) is 7.45. The summed E-state index contributed by atoms with van der Waals surface area (Å²) in [4.78, 5) is 0. The molecule has 2 aliphatic carbocycles. The Hall–Kier alpha value is 0.214. The van der Waals surface area contributed by atoms with Gasteiger partial charge < -0.3 is 0 Å². The first-order valence-corrected chi connectivity index (χ1v) is 21.4. The Bertz CT molecular complexity index is 669. The Morgan fingerprint density at radius 2 is 1.00 bits per heavy atom. The fraction of sp³-hybridized carbons (Fsp3) is 0.556. The third kappa shape index (κ3) is 2.28. The average molecular weight is 381 g/mol. The van der Waals surface area contributed by atoms with Crippen molar-refractivity contribution in [2.75, 3.05) is 0 Å². The molecule has 0 atom stereocenters. The van der Waals surface area contributed by atoms with Gasteiger partial charge in [0.15, 0.2) is 0 Å². The molecule has 0 spiro atoms. The maximum atomic E-state index is 8.12. The molecule has 0 heterocycles. The second-order valence-corrected chi connectivity index (χ2v) is 64.4. The molecule has 0 saturated heterocycles. The first-order chi connectivity index (χ1) is 9.11. The van der Waals surface area contributed by atoms with E-state index in [-0.39, 0.29) is 14.0 Å². The first-order valence-electron chi connectivity index (χ1n) is 8.29. The minimum atomic E-state index is -6.31. The summed E-state index contributed by atoms with van der Waals surface area (Å²) in [6, 6.07) is 0. The van der Waals surface area contributed by atoms with E-state index in [1.807, 2.05) is 24.3 Å². The Labute approximate surface area is 134 Å². The summed E-state index contributed by atoms with van der Waals surface area (Å²) in [5, 5.41) is 8.46. The van der Waals surface area contributed by atoms with Crippen molar-refractivity contribution in [3.05, 3.63) is 48.6 Å². The third-order valence-electron chi connectivity index (χ3n) is 6.50. The van der Waals surface area contributed by atoms with Crippen molar-refractivity contribution in [1.82, 2.24) is 3.80 Å². The zero-order chi connectivity index (χ0) is 17.4. The number of rotatable bonds is 3. The summed E-state index contributed by atoms with van der Waals surface area (Å²) in [5.41, 5.74) is -0.270. The van der Waals surface area contributed by atoms with Gasteiger partial charge in [-0.3, -0.25) is 0 Å². The molecule has 0 unspecified atom stereocenters. The molecule has 0 amide bonds. The molecule has 0 radical (unpaired) electrons. The maximum absolute atomic E-state index is 8.12. The molecular weight excluding hydrogens is 349 g/mol. The van der Waals surface area contributed by atoms with Gasteiger partial charge in [0.2, 0.25) is 0 Å². The van der Waals surface area contributed by atoms with Crippen molar-refractivity contribution >= 4 is 18.6 Å². The van der Waals surface area contributed by atoms with Gasteiger partial charge in [0.1, 0.15) is 0 Å². The molecule has 1 nitrogen and oxygen atoms in total. The van der Waals surface area contributed by atoms with Crippen molar-refractivity contribution in [1.29, 1.82) is 0 Å². The van der Waals surface area contributed by atoms with E-state index in [1.54, 1.807) is 0 Å².